The second-order valence-electron chi connectivity index (χ2n) is 6.82. The summed E-state index contributed by atoms with van der Waals surface area (Å²) in [5.74, 6) is -3.29. The van der Waals surface area contributed by atoms with Gasteiger partial charge in [0.2, 0.25) is 11.7 Å². The number of alkyl halides is 3. The largest absolute Gasteiger partial charge is 0.471 e. The highest BCUT2D eigenvalue weighted by Crippen LogP contribution is 2.29. The molecule has 0 radical (unpaired) electrons. The summed E-state index contributed by atoms with van der Waals surface area (Å²) >= 11 is 0. The van der Waals surface area contributed by atoms with Crippen molar-refractivity contribution < 1.29 is 36.4 Å². The van der Waals surface area contributed by atoms with Crippen molar-refractivity contribution in [3.05, 3.63) is 71.4 Å². The molecule has 0 bridgehead atoms. The Balaban J connectivity index is 1.62. The van der Waals surface area contributed by atoms with E-state index in [1.54, 1.807) is 0 Å². The summed E-state index contributed by atoms with van der Waals surface area (Å²) in [6.45, 7) is 0.0106. The Labute approximate surface area is 184 Å². The lowest BCUT2D eigenvalue weighted by molar-refractivity contribution is -0.159. The van der Waals surface area contributed by atoms with Gasteiger partial charge in [-0.1, -0.05) is 29.4 Å². The van der Waals surface area contributed by atoms with E-state index in [0.717, 1.165) is 0 Å². The number of methoxy groups -OCH3 is 1. The van der Waals surface area contributed by atoms with Crippen molar-refractivity contribution >= 4 is 11.8 Å². The van der Waals surface area contributed by atoms with Crippen LogP contribution in [0.4, 0.5) is 17.6 Å². The topological polar surface area (TPSA) is 106 Å². The Morgan fingerprint density at radius 3 is 2.33 bits per heavy atom. The summed E-state index contributed by atoms with van der Waals surface area (Å²) < 4.78 is 59.9. The number of nitrogens with zero attached hydrogens (tertiary/aromatic N) is 2. The fourth-order valence-corrected chi connectivity index (χ4v) is 2.73. The van der Waals surface area contributed by atoms with E-state index in [0.29, 0.717) is 5.56 Å². The average molecular weight is 466 g/mol. The lowest BCUT2D eigenvalue weighted by atomic mass is 10.1. The third kappa shape index (κ3) is 6.35. The molecule has 2 N–H and O–H groups in total. The molecule has 0 spiro atoms. The van der Waals surface area contributed by atoms with Gasteiger partial charge in [0.15, 0.2) is 0 Å². The average Bonchev–Trinajstić information content (AvgIpc) is 3.29. The van der Waals surface area contributed by atoms with Crippen LogP contribution in [0, 0.1) is 5.82 Å². The first-order chi connectivity index (χ1) is 15.7. The van der Waals surface area contributed by atoms with Crippen LogP contribution >= 0.6 is 0 Å². The van der Waals surface area contributed by atoms with Gasteiger partial charge in [0.05, 0.1) is 6.61 Å². The summed E-state index contributed by atoms with van der Waals surface area (Å²) in [6.07, 6.45) is -4.77. The number of carbonyl (C=O) groups excluding carboxylic acids is 2. The van der Waals surface area contributed by atoms with Crippen LogP contribution in [-0.4, -0.2) is 41.7 Å². The molecule has 3 rings (SSSR count). The van der Waals surface area contributed by atoms with Crippen molar-refractivity contribution in [1.29, 1.82) is 0 Å². The van der Waals surface area contributed by atoms with Crippen LogP contribution in [0.5, 0.6) is 0 Å². The standard InChI is InChI=1S/C21H18F4N4O4/c1-32-11-16(19(31)26-10-12-2-8-15(22)9-3-12)27-18(30)14-6-4-13(5-7-14)17-28-20(33-29-17)21(23,24)25/h2-9,16H,10-11H2,1H3,(H,26,31)(H,27,30)/t16-/m1/s1. The summed E-state index contributed by atoms with van der Waals surface area (Å²) in [5, 5.41) is 8.44. The zero-order valence-corrected chi connectivity index (χ0v) is 17.1. The Morgan fingerprint density at radius 2 is 1.76 bits per heavy atom. The molecule has 0 saturated heterocycles. The first-order valence-corrected chi connectivity index (χ1v) is 9.50. The fraction of sp³-hybridized carbons (Fsp3) is 0.238. The lowest BCUT2D eigenvalue weighted by Crippen LogP contribution is -2.49. The smallest absolute Gasteiger partial charge is 0.382 e. The van der Waals surface area contributed by atoms with Crippen molar-refractivity contribution in [2.24, 2.45) is 0 Å². The second kappa shape index (κ2) is 10.2. The second-order valence-corrected chi connectivity index (χ2v) is 6.82. The van der Waals surface area contributed by atoms with Crippen LogP contribution in [-0.2, 0) is 22.3 Å². The van der Waals surface area contributed by atoms with Crippen LogP contribution in [0.25, 0.3) is 11.4 Å². The Hall–Kier alpha value is -3.80. The van der Waals surface area contributed by atoms with E-state index >= 15 is 0 Å². The van der Waals surface area contributed by atoms with Crippen LogP contribution in [0.15, 0.2) is 53.1 Å². The lowest BCUT2D eigenvalue weighted by Gasteiger charge is -2.18. The van der Waals surface area contributed by atoms with Gasteiger partial charge in [-0.15, -0.1) is 0 Å². The molecule has 0 saturated carbocycles. The van der Waals surface area contributed by atoms with Gasteiger partial charge in [0, 0.05) is 24.8 Å². The molecule has 8 nitrogen and oxygen atoms in total. The number of ether oxygens (including phenoxy) is 1. The maximum absolute atomic E-state index is 13.0. The maximum Gasteiger partial charge on any atom is 0.471 e. The van der Waals surface area contributed by atoms with Gasteiger partial charge in [-0.25, -0.2) is 4.39 Å². The summed E-state index contributed by atoms with van der Waals surface area (Å²) in [4.78, 5) is 28.3. The number of aromatic nitrogens is 2. The molecule has 0 aliphatic heterocycles. The summed E-state index contributed by atoms with van der Waals surface area (Å²) in [5.41, 5.74) is 1.01. The van der Waals surface area contributed by atoms with Crippen molar-refractivity contribution in [1.82, 2.24) is 20.8 Å². The highest BCUT2D eigenvalue weighted by Gasteiger charge is 2.38. The minimum Gasteiger partial charge on any atom is -0.382 e. The van der Waals surface area contributed by atoms with Crippen LogP contribution in [0.3, 0.4) is 0 Å². The third-order valence-corrected chi connectivity index (χ3v) is 4.41. The summed E-state index contributed by atoms with van der Waals surface area (Å²) in [6, 6.07) is 9.92. The molecule has 0 unspecified atom stereocenters. The van der Waals surface area contributed by atoms with E-state index in [2.05, 4.69) is 25.3 Å². The Bertz CT molecular complexity index is 1100. The number of hydrogen-bond donors (Lipinski definition) is 2. The highest BCUT2D eigenvalue weighted by molar-refractivity contribution is 5.97. The summed E-state index contributed by atoms with van der Waals surface area (Å²) in [7, 11) is 1.36. The normalized spacial score (nSPS) is 12.3. The molecule has 33 heavy (non-hydrogen) atoms. The quantitative estimate of drug-likeness (QED) is 0.495. The third-order valence-electron chi connectivity index (χ3n) is 4.41. The van der Waals surface area contributed by atoms with E-state index in [1.165, 1.54) is 55.6 Å². The molecule has 12 heteroatoms. The van der Waals surface area contributed by atoms with Gasteiger partial charge in [0.1, 0.15) is 11.9 Å². The molecule has 1 aromatic heterocycles. The molecule has 3 aromatic rings. The molecule has 2 amide bonds. The van der Waals surface area contributed by atoms with E-state index in [9.17, 15) is 27.2 Å². The van der Waals surface area contributed by atoms with Crippen molar-refractivity contribution in [2.75, 3.05) is 13.7 Å². The number of amides is 2. The minimum atomic E-state index is -4.77. The molecular formula is C21H18F4N4O4. The zero-order chi connectivity index (χ0) is 24.0. The fourth-order valence-electron chi connectivity index (χ4n) is 2.73. The van der Waals surface area contributed by atoms with Crippen LogP contribution in [0.1, 0.15) is 21.8 Å². The maximum atomic E-state index is 13.0. The first kappa shape index (κ1) is 23.9. The molecule has 1 atom stereocenters. The molecule has 174 valence electrons. The minimum absolute atomic E-state index is 0.109. The van der Waals surface area contributed by atoms with Crippen molar-refractivity contribution in [2.45, 2.75) is 18.8 Å². The van der Waals surface area contributed by atoms with E-state index < -0.39 is 35.7 Å². The predicted molar refractivity (Wildman–Crippen MR) is 106 cm³/mol. The molecule has 0 fully saturated rings. The number of carbonyl (C=O) groups is 2. The van der Waals surface area contributed by atoms with Gasteiger partial charge in [-0.05, 0) is 29.8 Å². The number of hydrogen-bond acceptors (Lipinski definition) is 6. The van der Waals surface area contributed by atoms with Gasteiger partial charge in [-0.2, -0.15) is 18.2 Å². The monoisotopic (exact) mass is 466 g/mol. The SMILES string of the molecule is COC[C@@H](NC(=O)c1ccc(-c2noc(C(F)(F)F)n2)cc1)C(=O)NCc1ccc(F)cc1. The van der Waals surface area contributed by atoms with E-state index in [4.69, 9.17) is 4.74 Å². The Morgan fingerprint density at radius 1 is 1.09 bits per heavy atom. The highest BCUT2D eigenvalue weighted by atomic mass is 19.4. The van der Waals surface area contributed by atoms with Gasteiger partial charge in [-0.3, -0.25) is 9.59 Å². The molecule has 0 aliphatic rings. The van der Waals surface area contributed by atoms with Crippen molar-refractivity contribution in [3.63, 3.8) is 0 Å². The number of rotatable bonds is 8. The van der Waals surface area contributed by atoms with Crippen LogP contribution < -0.4 is 10.6 Å². The van der Waals surface area contributed by atoms with Gasteiger partial charge >= 0.3 is 12.1 Å². The van der Waals surface area contributed by atoms with Gasteiger partial charge in [0.25, 0.3) is 5.91 Å². The number of halogens is 4. The van der Waals surface area contributed by atoms with E-state index in [-0.39, 0.29) is 30.1 Å². The van der Waals surface area contributed by atoms with E-state index in [1.807, 2.05) is 0 Å². The molecule has 0 aliphatic carbocycles. The molecular weight excluding hydrogens is 448 g/mol. The number of nitrogens with one attached hydrogen (secondary N) is 2. The molecule has 2 aromatic carbocycles. The number of benzene rings is 2. The van der Waals surface area contributed by atoms with Crippen molar-refractivity contribution in [3.8, 4) is 11.4 Å². The molecule has 1 heterocycles. The zero-order valence-electron chi connectivity index (χ0n) is 17.1. The van der Waals surface area contributed by atoms with Gasteiger partial charge < -0.3 is 19.9 Å². The Kier molecular flexibility index (Phi) is 7.38. The predicted octanol–water partition coefficient (Wildman–Crippen LogP) is 2.96. The first-order valence-electron chi connectivity index (χ1n) is 9.50. The van der Waals surface area contributed by atoms with Crippen LogP contribution in [0.2, 0.25) is 0 Å².